The highest BCUT2D eigenvalue weighted by atomic mass is 15.2. The third kappa shape index (κ3) is 4.45. The summed E-state index contributed by atoms with van der Waals surface area (Å²) in [4.78, 5) is 18.1. The van der Waals surface area contributed by atoms with Crippen LogP contribution in [0.15, 0.2) is 30.7 Å². The van der Waals surface area contributed by atoms with Gasteiger partial charge in [0, 0.05) is 58.4 Å². The van der Waals surface area contributed by atoms with Gasteiger partial charge in [-0.1, -0.05) is 6.07 Å². The Hall–Kier alpha value is -2.21. The summed E-state index contributed by atoms with van der Waals surface area (Å²) >= 11 is 0. The summed E-state index contributed by atoms with van der Waals surface area (Å²) in [5.41, 5.74) is 2.37. The highest BCUT2D eigenvalue weighted by Crippen LogP contribution is 2.25. The van der Waals surface area contributed by atoms with Crippen molar-refractivity contribution in [2.45, 2.75) is 25.8 Å². The molecule has 1 aliphatic rings. The fourth-order valence-electron chi connectivity index (χ4n) is 3.64. The van der Waals surface area contributed by atoms with Crippen LogP contribution in [0.4, 0.5) is 11.6 Å². The van der Waals surface area contributed by atoms with E-state index in [2.05, 4.69) is 36.1 Å². The van der Waals surface area contributed by atoms with Crippen LogP contribution in [0.5, 0.6) is 0 Å². The molecule has 1 N–H and O–H groups in total. The number of likely N-dealkylation sites (tertiary alicyclic amines) is 1. The minimum Gasteiger partial charge on any atom is -0.373 e. The number of pyridine rings is 1. The smallest absolute Gasteiger partial charge is 0.149 e. The van der Waals surface area contributed by atoms with E-state index >= 15 is 0 Å². The molecule has 0 radical (unpaired) electrons. The van der Waals surface area contributed by atoms with Gasteiger partial charge >= 0.3 is 0 Å². The third-order valence-corrected chi connectivity index (χ3v) is 4.78. The van der Waals surface area contributed by atoms with Gasteiger partial charge in [0.2, 0.25) is 0 Å². The zero-order valence-corrected chi connectivity index (χ0v) is 15.4. The summed E-state index contributed by atoms with van der Waals surface area (Å²) < 4.78 is 0. The lowest BCUT2D eigenvalue weighted by Gasteiger charge is -2.33. The topological polar surface area (TPSA) is 57.2 Å². The van der Waals surface area contributed by atoms with Gasteiger partial charge in [0.05, 0.1) is 5.69 Å². The first-order chi connectivity index (χ1) is 12.2. The van der Waals surface area contributed by atoms with Crippen LogP contribution in [-0.2, 0) is 13.0 Å². The molecule has 1 atom stereocenters. The molecule has 3 rings (SSSR count). The van der Waals surface area contributed by atoms with Crippen LogP contribution in [0.1, 0.15) is 24.1 Å². The molecule has 3 heterocycles. The van der Waals surface area contributed by atoms with Crippen LogP contribution < -0.4 is 10.2 Å². The number of piperidine rings is 1. The number of anilines is 2. The van der Waals surface area contributed by atoms with Crippen LogP contribution in [0.2, 0.25) is 0 Å². The molecule has 2 aromatic heterocycles. The Bertz CT molecular complexity index is 687. The summed E-state index contributed by atoms with van der Waals surface area (Å²) in [5.74, 6) is 2.59. The molecule has 134 valence electrons. The van der Waals surface area contributed by atoms with E-state index in [-0.39, 0.29) is 0 Å². The molecule has 0 spiro atoms. The SMILES string of the molecule is CNc1ncccc1CN1CCCC(Cc2nccnc2N(C)C)C1. The molecular formula is C19H28N6. The maximum absolute atomic E-state index is 4.59. The maximum Gasteiger partial charge on any atom is 0.149 e. The molecule has 0 bridgehead atoms. The normalized spacial score (nSPS) is 18.1. The zero-order chi connectivity index (χ0) is 17.6. The summed E-state index contributed by atoms with van der Waals surface area (Å²) in [5, 5.41) is 3.19. The Kier molecular flexibility index (Phi) is 5.81. The second kappa shape index (κ2) is 8.25. The number of nitrogens with one attached hydrogen (secondary N) is 1. The molecule has 1 fully saturated rings. The van der Waals surface area contributed by atoms with Gasteiger partial charge < -0.3 is 10.2 Å². The van der Waals surface area contributed by atoms with Crippen molar-refractivity contribution in [3.8, 4) is 0 Å². The van der Waals surface area contributed by atoms with E-state index in [0.717, 1.165) is 43.4 Å². The van der Waals surface area contributed by atoms with Crippen molar-refractivity contribution in [2.24, 2.45) is 5.92 Å². The molecule has 1 aliphatic heterocycles. The summed E-state index contributed by atoms with van der Waals surface area (Å²) in [7, 11) is 5.99. The molecule has 0 saturated carbocycles. The molecule has 6 heteroatoms. The highest BCUT2D eigenvalue weighted by molar-refractivity contribution is 5.43. The van der Waals surface area contributed by atoms with Crippen LogP contribution in [0, 0.1) is 5.92 Å². The molecule has 0 aliphatic carbocycles. The number of hydrogen-bond acceptors (Lipinski definition) is 6. The first-order valence-electron chi connectivity index (χ1n) is 8.98. The minimum absolute atomic E-state index is 0.624. The van der Waals surface area contributed by atoms with Crippen molar-refractivity contribution in [1.82, 2.24) is 19.9 Å². The predicted molar refractivity (Wildman–Crippen MR) is 102 cm³/mol. The molecule has 0 aromatic carbocycles. The van der Waals surface area contributed by atoms with Crippen molar-refractivity contribution < 1.29 is 0 Å². The Morgan fingerprint density at radius 3 is 2.84 bits per heavy atom. The fourth-order valence-corrected chi connectivity index (χ4v) is 3.64. The molecular weight excluding hydrogens is 312 g/mol. The number of rotatable bonds is 6. The standard InChI is InChI=1S/C19H28N6/c1-20-18-16(7-4-8-22-18)14-25-11-5-6-15(13-25)12-17-19(24(2)3)23-10-9-21-17/h4,7-10,15H,5-6,11-14H2,1-3H3,(H,20,22). The van der Waals surface area contributed by atoms with Crippen molar-refractivity contribution in [3.63, 3.8) is 0 Å². The fraction of sp³-hybridized carbons (Fsp3) is 0.526. The average molecular weight is 340 g/mol. The van der Waals surface area contributed by atoms with Gasteiger partial charge in [0.1, 0.15) is 11.6 Å². The molecule has 0 amide bonds. The van der Waals surface area contributed by atoms with E-state index in [0.29, 0.717) is 5.92 Å². The Balaban J connectivity index is 1.66. The molecule has 6 nitrogen and oxygen atoms in total. The monoisotopic (exact) mass is 340 g/mol. The van der Waals surface area contributed by atoms with Crippen molar-refractivity contribution in [1.29, 1.82) is 0 Å². The van der Waals surface area contributed by atoms with E-state index in [1.165, 1.54) is 18.4 Å². The number of aromatic nitrogens is 3. The Morgan fingerprint density at radius 2 is 2.04 bits per heavy atom. The number of nitrogens with zero attached hydrogens (tertiary/aromatic N) is 5. The van der Waals surface area contributed by atoms with Crippen molar-refractivity contribution in [2.75, 3.05) is 44.4 Å². The molecule has 1 saturated heterocycles. The van der Waals surface area contributed by atoms with Crippen LogP contribution >= 0.6 is 0 Å². The maximum atomic E-state index is 4.59. The van der Waals surface area contributed by atoms with Gasteiger partial charge in [0.15, 0.2) is 0 Å². The van der Waals surface area contributed by atoms with Gasteiger partial charge in [-0.05, 0) is 37.8 Å². The minimum atomic E-state index is 0.624. The van der Waals surface area contributed by atoms with E-state index < -0.39 is 0 Å². The summed E-state index contributed by atoms with van der Waals surface area (Å²) in [6, 6.07) is 4.18. The van der Waals surface area contributed by atoms with Gasteiger partial charge in [-0.25, -0.2) is 9.97 Å². The number of hydrogen-bond donors (Lipinski definition) is 1. The van der Waals surface area contributed by atoms with E-state index in [1.807, 2.05) is 33.4 Å². The summed E-state index contributed by atoms with van der Waals surface area (Å²) in [6.45, 7) is 3.19. The first kappa shape index (κ1) is 17.6. The van der Waals surface area contributed by atoms with Gasteiger partial charge in [-0.2, -0.15) is 0 Å². The lowest BCUT2D eigenvalue weighted by atomic mass is 9.93. The van der Waals surface area contributed by atoms with Crippen LogP contribution in [0.25, 0.3) is 0 Å². The van der Waals surface area contributed by atoms with Gasteiger partial charge in [-0.15, -0.1) is 0 Å². The highest BCUT2D eigenvalue weighted by Gasteiger charge is 2.23. The quantitative estimate of drug-likeness (QED) is 0.872. The zero-order valence-electron chi connectivity index (χ0n) is 15.4. The molecule has 1 unspecified atom stereocenters. The largest absolute Gasteiger partial charge is 0.373 e. The van der Waals surface area contributed by atoms with E-state index in [1.54, 1.807) is 12.4 Å². The van der Waals surface area contributed by atoms with E-state index in [9.17, 15) is 0 Å². The molecule has 2 aromatic rings. The third-order valence-electron chi connectivity index (χ3n) is 4.78. The molecule has 25 heavy (non-hydrogen) atoms. The van der Waals surface area contributed by atoms with Crippen LogP contribution in [-0.4, -0.2) is 54.1 Å². The Morgan fingerprint density at radius 1 is 1.20 bits per heavy atom. The second-order valence-electron chi connectivity index (χ2n) is 6.93. The van der Waals surface area contributed by atoms with Gasteiger partial charge in [-0.3, -0.25) is 9.88 Å². The first-order valence-corrected chi connectivity index (χ1v) is 8.98. The van der Waals surface area contributed by atoms with Crippen molar-refractivity contribution >= 4 is 11.6 Å². The average Bonchev–Trinajstić information content (AvgIpc) is 2.63. The lowest BCUT2D eigenvalue weighted by molar-refractivity contribution is 0.166. The predicted octanol–water partition coefficient (Wildman–Crippen LogP) is 2.43. The van der Waals surface area contributed by atoms with Crippen molar-refractivity contribution in [3.05, 3.63) is 42.0 Å². The van der Waals surface area contributed by atoms with Crippen LogP contribution in [0.3, 0.4) is 0 Å². The Labute approximate surface area is 150 Å². The second-order valence-corrected chi connectivity index (χ2v) is 6.93. The van der Waals surface area contributed by atoms with Gasteiger partial charge in [0.25, 0.3) is 0 Å². The lowest BCUT2D eigenvalue weighted by Crippen LogP contribution is -2.36. The summed E-state index contributed by atoms with van der Waals surface area (Å²) in [6.07, 6.45) is 8.89. The van der Waals surface area contributed by atoms with E-state index in [4.69, 9.17) is 0 Å².